The first-order chi connectivity index (χ1) is 13.0. The van der Waals surface area contributed by atoms with E-state index < -0.39 is 57.9 Å². The molecule has 0 aliphatic rings. The summed E-state index contributed by atoms with van der Waals surface area (Å²) in [7, 11) is 0. The maximum atomic E-state index is 12.5. The normalized spacial score (nSPS) is 13.9. The molecule has 1 aromatic carbocycles. The number of carbonyl (C=O) groups excluding carboxylic acids is 2. The quantitative estimate of drug-likeness (QED) is 0.431. The predicted octanol–water partition coefficient (Wildman–Crippen LogP) is -1.90. The van der Waals surface area contributed by atoms with Crippen LogP contribution in [0.15, 0.2) is 31.3 Å². The van der Waals surface area contributed by atoms with Crippen molar-refractivity contribution in [3.05, 3.63) is 53.5 Å². The van der Waals surface area contributed by atoms with Gasteiger partial charge in [-0.05, 0) is 35.3 Å². The number of hydrogen-bond donors (Lipinski definition) is 2. The van der Waals surface area contributed by atoms with E-state index in [2.05, 4.69) is 0 Å². The summed E-state index contributed by atoms with van der Waals surface area (Å²) in [6, 6.07) is -0.312. The molecule has 2 atom stereocenters. The van der Waals surface area contributed by atoms with Gasteiger partial charge in [-0.1, -0.05) is 0 Å². The van der Waals surface area contributed by atoms with Crippen molar-refractivity contribution in [1.82, 2.24) is 9.13 Å². The van der Waals surface area contributed by atoms with Gasteiger partial charge in [0.1, 0.15) is 0 Å². The van der Waals surface area contributed by atoms with Gasteiger partial charge in [0.15, 0.2) is 0 Å². The second-order valence-corrected chi connectivity index (χ2v) is 6.95. The number of hydrogen-bond acceptors (Lipinski definition) is 8. The third-order valence-corrected chi connectivity index (χ3v) is 4.96. The van der Waals surface area contributed by atoms with Crippen LogP contribution < -0.4 is 33.7 Å². The van der Waals surface area contributed by atoms with Gasteiger partial charge in [-0.2, -0.15) is 0 Å². The van der Waals surface area contributed by atoms with Crippen molar-refractivity contribution in [1.29, 1.82) is 0 Å². The molecule has 0 aliphatic carbocycles. The zero-order chi connectivity index (χ0) is 20.9. The van der Waals surface area contributed by atoms with E-state index in [1.165, 1.54) is 0 Å². The lowest BCUT2D eigenvalue weighted by atomic mass is 10.1. The van der Waals surface area contributed by atoms with Gasteiger partial charge in [0, 0.05) is 0 Å². The average molecular weight is 427 g/mol. The van der Waals surface area contributed by atoms with Gasteiger partial charge >= 0.3 is 0 Å². The van der Waals surface area contributed by atoms with Crippen molar-refractivity contribution in [3.8, 4) is 0 Å². The molecule has 0 spiro atoms. The molecule has 0 amide bonds. The maximum absolute atomic E-state index is 12.5. The highest BCUT2D eigenvalue weighted by atomic mass is 35.5. The molecule has 0 radical (unpaired) electrons. The average Bonchev–Trinajstić information content (AvgIpc) is 3.00. The Hall–Kier alpha value is -2.66. The van der Waals surface area contributed by atoms with Crippen molar-refractivity contribution in [2.24, 2.45) is 11.5 Å². The summed E-state index contributed by atoms with van der Waals surface area (Å²) in [5, 5.41) is -2.30. The molecule has 0 bridgehead atoms. The van der Waals surface area contributed by atoms with E-state index in [0.29, 0.717) is 0 Å². The van der Waals surface area contributed by atoms with E-state index >= 15 is 0 Å². The smallest absolute Gasteiger partial charge is 0.261 e. The molecule has 0 fully saturated rings. The van der Waals surface area contributed by atoms with E-state index in [4.69, 9.17) is 34.7 Å². The molecular formula is C16H12Cl2N4O6. The molecule has 0 saturated heterocycles. The summed E-state index contributed by atoms with van der Waals surface area (Å²) in [5.41, 5.74) is 7.88. The van der Waals surface area contributed by atoms with Gasteiger partial charge < -0.3 is 11.5 Å². The van der Waals surface area contributed by atoms with Crippen molar-refractivity contribution in [3.63, 3.8) is 0 Å². The van der Waals surface area contributed by atoms with E-state index in [-0.39, 0.29) is 21.5 Å². The van der Waals surface area contributed by atoms with E-state index in [1.807, 2.05) is 0 Å². The minimum absolute atomic E-state index is 0.112. The van der Waals surface area contributed by atoms with E-state index in [0.717, 1.165) is 21.3 Å². The van der Waals surface area contributed by atoms with Gasteiger partial charge in [0.25, 0.3) is 22.2 Å². The van der Waals surface area contributed by atoms with Crippen LogP contribution in [0.3, 0.4) is 0 Å². The number of aromatic nitrogens is 2. The van der Waals surface area contributed by atoms with E-state index in [9.17, 15) is 28.8 Å². The standard InChI is InChI=1S/C16H12Cl2N4O6/c17-11(23)9(19)3-21-13(25)5-1-6-8(2-7(5)15(21)27)16(28)22(14(6)26)4-10(20)12(18)24/h1-2,9-10H,3-4,19-20H2/t9-,10+. The van der Waals surface area contributed by atoms with Gasteiger partial charge in [0.2, 0.25) is 10.5 Å². The van der Waals surface area contributed by atoms with Gasteiger partial charge in [-0.25, -0.2) is 0 Å². The van der Waals surface area contributed by atoms with Crippen LogP contribution in [-0.2, 0) is 22.7 Å². The molecule has 28 heavy (non-hydrogen) atoms. The van der Waals surface area contributed by atoms with Crippen LogP contribution in [0.25, 0.3) is 21.5 Å². The SMILES string of the molecule is N[C@H](Cn1c(=O)c2cc3c(=O)n(C[C@H](N)C(=O)Cl)c(=O)c3cc2c1=O)C(=O)Cl. The first kappa shape index (κ1) is 20.1. The van der Waals surface area contributed by atoms with Gasteiger partial charge in [-0.3, -0.25) is 37.9 Å². The van der Waals surface area contributed by atoms with E-state index in [1.54, 1.807) is 0 Å². The topological polar surface area (TPSA) is 164 Å². The fourth-order valence-electron chi connectivity index (χ4n) is 2.94. The van der Waals surface area contributed by atoms with Gasteiger partial charge in [-0.15, -0.1) is 0 Å². The molecule has 3 aromatic rings. The third kappa shape index (κ3) is 3.10. The number of halogens is 2. The molecule has 146 valence electrons. The molecule has 2 aromatic heterocycles. The van der Waals surface area contributed by atoms with Crippen LogP contribution >= 0.6 is 23.2 Å². The minimum atomic E-state index is -1.27. The molecule has 0 unspecified atom stereocenters. The molecule has 4 N–H and O–H groups in total. The Morgan fingerprint density at radius 1 is 0.714 bits per heavy atom. The number of nitrogens with zero attached hydrogens (tertiary/aromatic N) is 2. The second-order valence-electron chi connectivity index (χ2n) is 6.21. The third-order valence-electron chi connectivity index (χ3n) is 4.40. The van der Waals surface area contributed by atoms with Crippen LogP contribution in [0.1, 0.15) is 0 Å². The molecule has 2 heterocycles. The first-order valence-electron chi connectivity index (χ1n) is 7.84. The summed E-state index contributed by atoms with van der Waals surface area (Å²) in [4.78, 5) is 72.2. The highest BCUT2D eigenvalue weighted by Crippen LogP contribution is 2.14. The summed E-state index contributed by atoms with van der Waals surface area (Å²) in [6.07, 6.45) is 0. The number of benzene rings is 1. The Bertz CT molecular complexity index is 1170. The molecule has 12 heteroatoms. The fraction of sp³-hybridized carbons (Fsp3) is 0.250. The first-order valence-corrected chi connectivity index (χ1v) is 8.60. The molecule has 0 saturated carbocycles. The summed E-state index contributed by atoms with van der Waals surface area (Å²) < 4.78 is 1.44. The Kier molecular flexibility index (Phi) is 5.06. The molecule has 0 aliphatic heterocycles. The fourth-order valence-corrected chi connectivity index (χ4v) is 3.08. The van der Waals surface area contributed by atoms with Crippen LogP contribution in [0.5, 0.6) is 0 Å². The van der Waals surface area contributed by atoms with Crippen molar-refractivity contribution < 1.29 is 9.59 Å². The number of rotatable bonds is 6. The molecule has 10 nitrogen and oxygen atoms in total. The minimum Gasteiger partial charge on any atom is -0.319 e. The lowest BCUT2D eigenvalue weighted by Crippen LogP contribution is -2.39. The second kappa shape index (κ2) is 7.06. The van der Waals surface area contributed by atoms with Crippen molar-refractivity contribution in [2.45, 2.75) is 25.2 Å². The number of carbonyl (C=O) groups is 2. The zero-order valence-corrected chi connectivity index (χ0v) is 15.5. The van der Waals surface area contributed by atoms with Crippen LogP contribution in [0, 0.1) is 0 Å². The lowest BCUT2D eigenvalue weighted by molar-refractivity contribution is -0.113. The monoisotopic (exact) mass is 426 g/mol. The van der Waals surface area contributed by atoms with Crippen molar-refractivity contribution >= 4 is 55.2 Å². The van der Waals surface area contributed by atoms with Crippen LogP contribution in [0.2, 0.25) is 0 Å². The van der Waals surface area contributed by atoms with Crippen LogP contribution in [0.4, 0.5) is 0 Å². The highest BCUT2D eigenvalue weighted by molar-refractivity contribution is 6.65. The number of fused-ring (bicyclic) bond motifs is 2. The Morgan fingerprint density at radius 3 is 1.18 bits per heavy atom. The Balaban J connectivity index is 2.25. The Labute approximate surface area is 164 Å². The summed E-state index contributed by atoms with van der Waals surface area (Å²) >= 11 is 10.5. The highest BCUT2D eigenvalue weighted by Gasteiger charge is 2.23. The van der Waals surface area contributed by atoms with Gasteiger partial charge in [0.05, 0.1) is 46.7 Å². The predicted molar refractivity (Wildman–Crippen MR) is 103 cm³/mol. The lowest BCUT2D eigenvalue weighted by Gasteiger charge is -2.05. The summed E-state index contributed by atoms with van der Waals surface area (Å²) in [6.45, 7) is -0.889. The molecular weight excluding hydrogens is 415 g/mol. The van der Waals surface area contributed by atoms with Crippen LogP contribution in [-0.4, -0.2) is 31.7 Å². The van der Waals surface area contributed by atoms with Crippen molar-refractivity contribution in [2.75, 3.05) is 0 Å². The number of nitrogens with two attached hydrogens (primary N) is 2. The zero-order valence-electron chi connectivity index (χ0n) is 14.0. The molecule has 3 rings (SSSR count). The Morgan fingerprint density at radius 2 is 0.964 bits per heavy atom. The largest absolute Gasteiger partial charge is 0.319 e. The summed E-state index contributed by atoms with van der Waals surface area (Å²) in [5.74, 6) is 0. The maximum Gasteiger partial charge on any atom is 0.261 e.